The van der Waals surface area contributed by atoms with Crippen LogP contribution in [0.15, 0.2) is 42.5 Å². The van der Waals surface area contributed by atoms with Crippen LogP contribution in [0.1, 0.15) is 25.7 Å². The molecule has 0 heteroatoms. The molecule has 0 saturated heterocycles. The first kappa shape index (κ1) is 9.05. The lowest BCUT2D eigenvalue weighted by Gasteiger charge is -1.87. The number of hydrogen-bond acceptors (Lipinski definition) is 0. The second-order valence-corrected chi connectivity index (χ2v) is 2.78. The molecule has 0 unspecified atom stereocenters. The van der Waals surface area contributed by atoms with E-state index in [9.17, 15) is 0 Å². The number of allylic oxidation sites excluding steroid dienone is 8. The maximum absolute atomic E-state index is 3.14. The first-order chi connectivity index (χ1) is 6.00. The summed E-state index contributed by atoms with van der Waals surface area (Å²) in [7, 11) is 0. The van der Waals surface area contributed by atoms with Crippen LogP contribution in [0.5, 0.6) is 0 Å². The van der Waals surface area contributed by atoms with E-state index >= 15 is 0 Å². The lowest BCUT2D eigenvalue weighted by Crippen LogP contribution is -1.68. The Morgan fingerprint density at radius 2 is 1.42 bits per heavy atom. The van der Waals surface area contributed by atoms with Gasteiger partial charge in [0.2, 0.25) is 0 Å². The van der Waals surface area contributed by atoms with Crippen molar-refractivity contribution < 1.29 is 0 Å². The van der Waals surface area contributed by atoms with Crippen LogP contribution in [0.2, 0.25) is 0 Å². The summed E-state index contributed by atoms with van der Waals surface area (Å²) in [4.78, 5) is 0. The van der Waals surface area contributed by atoms with Crippen LogP contribution < -0.4 is 0 Å². The lowest BCUT2D eigenvalue weighted by molar-refractivity contribution is 1.03. The van der Waals surface area contributed by atoms with E-state index < -0.39 is 0 Å². The minimum Gasteiger partial charge on any atom is -0.0842 e. The topological polar surface area (TPSA) is 0 Å². The molecule has 0 aromatic heterocycles. The van der Waals surface area contributed by atoms with Crippen molar-refractivity contribution in [1.82, 2.24) is 0 Å². The standard InChI is InChI=1S/C12H15/c1-2-4-6-8-10-12-11-9-7-5-3-1/h1-4,9-11H,5-8H2/b3-1+,4-2-,11-9+,12-10?. The zero-order valence-corrected chi connectivity index (χ0v) is 7.37. The Kier molecular flexibility index (Phi) is 5.02. The summed E-state index contributed by atoms with van der Waals surface area (Å²) in [6.07, 6.45) is 22.5. The normalized spacial score (nSPS) is 29.3. The van der Waals surface area contributed by atoms with Gasteiger partial charge < -0.3 is 0 Å². The Labute approximate surface area is 75.0 Å². The highest BCUT2D eigenvalue weighted by atomic mass is 13.8. The zero-order valence-electron chi connectivity index (χ0n) is 7.37. The van der Waals surface area contributed by atoms with Gasteiger partial charge in [-0.2, -0.15) is 0 Å². The Bertz CT molecular complexity index is 156. The Morgan fingerprint density at radius 3 is 2.25 bits per heavy atom. The molecule has 1 aliphatic rings. The highest BCUT2D eigenvalue weighted by Crippen LogP contribution is 1.98. The van der Waals surface area contributed by atoms with Crippen LogP contribution in [0, 0.1) is 6.08 Å². The monoisotopic (exact) mass is 159 g/mol. The molecule has 0 bridgehead atoms. The summed E-state index contributed by atoms with van der Waals surface area (Å²) in [6, 6.07) is 0. The van der Waals surface area contributed by atoms with Crippen LogP contribution in [0.3, 0.4) is 0 Å². The second-order valence-electron chi connectivity index (χ2n) is 2.78. The average Bonchev–Trinajstić information content (AvgIpc) is 2.05. The highest BCUT2D eigenvalue weighted by molar-refractivity contribution is 5.05. The summed E-state index contributed by atoms with van der Waals surface area (Å²) < 4.78 is 0. The molecule has 0 heterocycles. The maximum atomic E-state index is 3.14. The molecule has 0 atom stereocenters. The third-order valence-electron chi connectivity index (χ3n) is 1.69. The van der Waals surface area contributed by atoms with Gasteiger partial charge in [-0.25, -0.2) is 0 Å². The Morgan fingerprint density at radius 1 is 0.750 bits per heavy atom. The minimum absolute atomic E-state index is 1.09. The van der Waals surface area contributed by atoms with Crippen molar-refractivity contribution in [2.75, 3.05) is 0 Å². The predicted molar refractivity (Wildman–Crippen MR) is 53.7 cm³/mol. The van der Waals surface area contributed by atoms with Crippen molar-refractivity contribution in [3.63, 3.8) is 0 Å². The molecule has 0 spiro atoms. The molecule has 0 N–H and O–H groups in total. The predicted octanol–water partition coefficient (Wildman–Crippen LogP) is 3.59. The SMILES string of the molecule is [C]1=C\CC/C=C\C=C\CC/C=C/1. The number of hydrogen-bond donors (Lipinski definition) is 0. The first-order valence-corrected chi connectivity index (χ1v) is 4.54. The van der Waals surface area contributed by atoms with Gasteiger partial charge >= 0.3 is 0 Å². The molecule has 0 aromatic carbocycles. The molecule has 0 amide bonds. The largest absolute Gasteiger partial charge is 0.0842 e. The molecule has 12 heavy (non-hydrogen) atoms. The smallest absolute Gasteiger partial charge is 0.0230 e. The minimum atomic E-state index is 1.09. The molecule has 0 fully saturated rings. The fourth-order valence-corrected chi connectivity index (χ4v) is 1.02. The van der Waals surface area contributed by atoms with Crippen LogP contribution in [0.25, 0.3) is 0 Å². The Hall–Kier alpha value is -1.04. The second kappa shape index (κ2) is 6.66. The van der Waals surface area contributed by atoms with Crippen molar-refractivity contribution in [2.45, 2.75) is 25.7 Å². The van der Waals surface area contributed by atoms with Crippen LogP contribution in [0.4, 0.5) is 0 Å². The van der Waals surface area contributed by atoms with Gasteiger partial charge in [0.05, 0.1) is 0 Å². The zero-order chi connectivity index (χ0) is 8.49. The van der Waals surface area contributed by atoms with Crippen LogP contribution in [-0.2, 0) is 0 Å². The molecule has 0 aromatic rings. The summed E-state index contributed by atoms with van der Waals surface area (Å²) >= 11 is 0. The fourth-order valence-electron chi connectivity index (χ4n) is 1.02. The van der Waals surface area contributed by atoms with E-state index in [1.54, 1.807) is 0 Å². The van der Waals surface area contributed by atoms with Gasteiger partial charge in [-0.15, -0.1) is 0 Å². The summed E-state index contributed by atoms with van der Waals surface area (Å²) in [6.45, 7) is 0. The van der Waals surface area contributed by atoms with Gasteiger partial charge in [0.25, 0.3) is 0 Å². The van der Waals surface area contributed by atoms with E-state index in [1.807, 2.05) is 6.08 Å². The van der Waals surface area contributed by atoms with Crippen LogP contribution in [-0.4, -0.2) is 0 Å². The summed E-state index contributed by atoms with van der Waals surface area (Å²) in [5.74, 6) is 0. The van der Waals surface area contributed by atoms with E-state index in [-0.39, 0.29) is 0 Å². The first-order valence-electron chi connectivity index (χ1n) is 4.54. The molecule has 1 radical (unpaired) electrons. The average molecular weight is 159 g/mol. The quantitative estimate of drug-likeness (QED) is 0.506. The summed E-state index contributed by atoms with van der Waals surface area (Å²) in [5.41, 5.74) is 0. The van der Waals surface area contributed by atoms with E-state index in [2.05, 4.69) is 42.5 Å². The van der Waals surface area contributed by atoms with E-state index in [1.165, 1.54) is 0 Å². The van der Waals surface area contributed by atoms with Gasteiger partial charge in [-0.3, -0.25) is 0 Å². The van der Waals surface area contributed by atoms with Crippen molar-refractivity contribution in [3.05, 3.63) is 48.6 Å². The fraction of sp³-hybridized carbons (Fsp3) is 0.333. The molecule has 1 aliphatic carbocycles. The van der Waals surface area contributed by atoms with Crippen molar-refractivity contribution in [3.8, 4) is 0 Å². The van der Waals surface area contributed by atoms with Crippen LogP contribution >= 0.6 is 0 Å². The van der Waals surface area contributed by atoms with E-state index in [0.29, 0.717) is 0 Å². The van der Waals surface area contributed by atoms with E-state index in [4.69, 9.17) is 0 Å². The number of rotatable bonds is 0. The molecule has 0 aliphatic heterocycles. The summed E-state index contributed by atoms with van der Waals surface area (Å²) in [5, 5.41) is 0. The molecule has 0 nitrogen and oxygen atoms in total. The third kappa shape index (κ3) is 4.73. The third-order valence-corrected chi connectivity index (χ3v) is 1.69. The molecule has 1 rings (SSSR count). The van der Waals surface area contributed by atoms with Crippen molar-refractivity contribution in [2.24, 2.45) is 0 Å². The van der Waals surface area contributed by atoms with Gasteiger partial charge in [-0.05, 0) is 31.8 Å². The Balaban J connectivity index is 2.40. The molecular formula is C12H15. The lowest BCUT2D eigenvalue weighted by atomic mass is 10.2. The molecular weight excluding hydrogens is 144 g/mol. The van der Waals surface area contributed by atoms with Gasteiger partial charge in [-0.1, -0.05) is 42.5 Å². The molecule has 0 saturated carbocycles. The molecule has 63 valence electrons. The van der Waals surface area contributed by atoms with Gasteiger partial charge in [0.15, 0.2) is 0 Å². The van der Waals surface area contributed by atoms with Crippen molar-refractivity contribution in [1.29, 1.82) is 0 Å². The highest BCUT2D eigenvalue weighted by Gasteiger charge is 1.78. The van der Waals surface area contributed by atoms with E-state index in [0.717, 1.165) is 25.7 Å². The van der Waals surface area contributed by atoms with Gasteiger partial charge in [0.1, 0.15) is 0 Å². The maximum Gasteiger partial charge on any atom is -0.0230 e. The van der Waals surface area contributed by atoms with Gasteiger partial charge in [0, 0.05) is 0 Å². The van der Waals surface area contributed by atoms with Crippen molar-refractivity contribution >= 4 is 0 Å².